The van der Waals surface area contributed by atoms with E-state index in [2.05, 4.69) is 33.0 Å². The van der Waals surface area contributed by atoms with Crippen LogP contribution in [-0.4, -0.2) is 11.5 Å². The highest BCUT2D eigenvalue weighted by Gasteiger charge is 2.13. The topological polar surface area (TPSA) is 24.9 Å². The summed E-state index contributed by atoms with van der Waals surface area (Å²) in [4.78, 5) is 4.76. The molecule has 3 heteroatoms. The van der Waals surface area contributed by atoms with Gasteiger partial charge in [-0.25, -0.2) is 0 Å². The smallest absolute Gasteiger partial charge is 0.0756 e. The van der Waals surface area contributed by atoms with E-state index in [1.165, 1.54) is 11.3 Å². The Balaban J connectivity index is 2.76. The van der Waals surface area contributed by atoms with Gasteiger partial charge in [-0.1, -0.05) is 25.4 Å². The summed E-state index contributed by atoms with van der Waals surface area (Å²) in [7, 11) is 0. The number of hydrogen-bond donors (Lipinski definition) is 1. The molecule has 1 N–H and O–H groups in total. The van der Waals surface area contributed by atoms with E-state index in [0.29, 0.717) is 0 Å². The molecule has 0 bridgehead atoms. The second-order valence-corrected chi connectivity index (χ2v) is 5.39. The predicted octanol–water partition coefficient (Wildman–Crippen LogP) is 4.89. The molecule has 19 heavy (non-hydrogen) atoms. The zero-order valence-electron chi connectivity index (χ0n) is 12.1. The maximum absolute atomic E-state index is 6.21. The van der Waals surface area contributed by atoms with Crippen LogP contribution < -0.4 is 5.32 Å². The van der Waals surface area contributed by atoms with Gasteiger partial charge in [0.2, 0.25) is 0 Å². The van der Waals surface area contributed by atoms with Crippen molar-refractivity contribution in [1.29, 1.82) is 0 Å². The second-order valence-electron chi connectivity index (χ2n) is 4.95. The molecule has 0 amide bonds. The van der Waals surface area contributed by atoms with Gasteiger partial charge in [0.15, 0.2) is 0 Å². The molecule has 0 aliphatic rings. The number of rotatable bonds is 4. The summed E-state index contributed by atoms with van der Waals surface area (Å²) in [6.07, 6.45) is 2.08. The van der Waals surface area contributed by atoms with E-state index in [0.717, 1.165) is 46.6 Å². The standard InChI is InChI=1S/C16H21ClN2/c1-5-7-18-16-13(6-2)11(4)19-15-10(3)8-12(17)9-14(15)16/h8-9H,5-7H2,1-4H3,(H,18,19). The van der Waals surface area contributed by atoms with Gasteiger partial charge in [0, 0.05) is 28.3 Å². The van der Waals surface area contributed by atoms with Crippen molar-refractivity contribution in [2.45, 2.75) is 40.5 Å². The number of anilines is 1. The monoisotopic (exact) mass is 276 g/mol. The number of benzene rings is 1. The molecule has 0 saturated carbocycles. The summed E-state index contributed by atoms with van der Waals surface area (Å²) in [5, 5.41) is 5.47. The summed E-state index contributed by atoms with van der Waals surface area (Å²) >= 11 is 6.21. The Morgan fingerprint density at radius 3 is 2.58 bits per heavy atom. The zero-order valence-corrected chi connectivity index (χ0v) is 12.9. The van der Waals surface area contributed by atoms with E-state index in [4.69, 9.17) is 16.6 Å². The van der Waals surface area contributed by atoms with Gasteiger partial charge in [-0.2, -0.15) is 0 Å². The van der Waals surface area contributed by atoms with Crippen LogP contribution in [0, 0.1) is 13.8 Å². The van der Waals surface area contributed by atoms with Crippen molar-refractivity contribution in [2.24, 2.45) is 0 Å². The quantitative estimate of drug-likeness (QED) is 0.860. The van der Waals surface area contributed by atoms with Gasteiger partial charge in [-0.15, -0.1) is 0 Å². The molecule has 1 heterocycles. The molecule has 2 nitrogen and oxygen atoms in total. The van der Waals surface area contributed by atoms with Gasteiger partial charge in [-0.3, -0.25) is 4.98 Å². The number of halogens is 1. The van der Waals surface area contributed by atoms with E-state index in [-0.39, 0.29) is 0 Å². The molecule has 0 atom stereocenters. The van der Waals surface area contributed by atoms with Crippen molar-refractivity contribution in [2.75, 3.05) is 11.9 Å². The first-order valence-electron chi connectivity index (χ1n) is 6.91. The highest BCUT2D eigenvalue weighted by atomic mass is 35.5. The molecule has 0 aliphatic heterocycles. The van der Waals surface area contributed by atoms with Crippen LogP contribution in [0.1, 0.15) is 37.1 Å². The maximum Gasteiger partial charge on any atom is 0.0756 e. The zero-order chi connectivity index (χ0) is 14.0. The molecule has 0 fully saturated rings. The molecule has 2 rings (SSSR count). The summed E-state index contributed by atoms with van der Waals surface area (Å²) in [6.45, 7) is 9.47. The van der Waals surface area contributed by atoms with Crippen molar-refractivity contribution in [3.8, 4) is 0 Å². The highest BCUT2D eigenvalue weighted by molar-refractivity contribution is 6.31. The normalized spacial score (nSPS) is 11.0. The Bertz CT molecular complexity index is 605. The number of aryl methyl sites for hydroxylation is 2. The largest absolute Gasteiger partial charge is 0.384 e. The summed E-state index contributed by atoms with van der Waals surface area (Å²) in [6, 6.07) is 4.00. The van der Waals surface area contributed by atoms with Crippen molar-refractivity contribution in [3.63, 3.8) is 0 Å². The van der Waals surface area contributed by atoms with E-state index in [9.17, 15) is 0 Å². The maximum atomic E-state index is 6.21. The Kier molecular flexibility index (Phi) is 4.31. The van der Waals surface area contributed by atoms with Crippen LogP contribution in [0.15, 0.2) is 12.1 Å². The Morgan fingerprint density at radius 1 is 1.21 bits per heavy atom. The molecule has 1 aromatic carbocycles. The van der Waals surface area contributed by atoms with E-state index in [1.54, 1.807) is 0 Å². The number of pyridine rings is 1. The Hall–Kier alpha value is -1.28. The minimum atomic E-state index is 0.775. The number of nitrogens with zero attached hydrogens (tertiary/aromatic N) is 1. The van der Waals surface area contributed by atoms with E-state index in [1.807, 2.05) is 12.1 Å². The molecule has 102 valence electrons. The van der Waals surface area contributed by atoms with Gasteiger partial charge in [0.1, 0.15) is 0 Å². The lowest BCUT2D eigenvalue weighted by Gasteiger charge is -2.17. The first-order chi connectivity index (χ1) is 9.08. The van der Waals surface area contributed by atoms with Gasteiger partial charge < -0.3 is 5.32 Å². The Morgan fingerprint density at radius 2 is 1.95 bits per heavy atom. The molecule has 0 unspecified atom stereocenters. The van der Waals surface area contributed by atoms with Crippen LogP contribution in [0.4, 0.5) is 5.69 Å². The number of hydrogen-bond acceptors (Lipinski definition) is 2. The first-order valence-corrected chi connectivity index (χ1v) is 7.29. The van der Waals surface area contributed by atoms with Gasteiger partial charge in [0.25, 0.3) is 0 Å². The van der Waals surface area contributed by atoms with Crippen LogP contribution in [0.25, 0.3) is 10.9 Å². The predicted molar refractivity (Wildman–Crippen MR) is 84.4 cm³/mol. The van der Waals surface area contributed by atoms with Crippen LogP contribution in [0.5, 0.6) is 0 Å². The van der Waals surface area contributed by atoms with Crippen molar-refractivity contribution >= 4 is 28.2 Å². The minimum absolute atomic E-state index is 0.775. The average Bonchev–Trinajstić information content (AvgIpc) is 2.37. The van der Waals surface area contributed by atoms with Crippen LogP contribution in [-0.2, 0) is 6.42 Å². The van der Waals surface area contributed by atoms with Gasteiger partial charge in [-0.05, 0) is 49.9 Å². The fourth-order valence-corrected chi connectivity index (χ4v) is 2.81. The number of aromatic nitrogens is 1. The third kappa shape index (κ3) is 2.69. The summed E-state index contributed by atoms with van der Waals surface area (Å²) < 4.78 is 0. The average molecular weight is 277 g/mol. The molecule has 0 aliphatic carbocycles. The Labute approximate surface area is 120 Å². The third-order valence-electron chi connectivity index (χ3n) is 3.46. The molecule has 0 saturated heterocycles. The van der Waals surface area contributed by atoms with Crippen LogP contribution >= 0.6 is 11.6 Å². The molecule has 0 radical (unpaired) electrons. The molecular formula is C16H21ClN2. The van der Waals surface area contributed by atoms with Crippen LogP contribution in [0.3, 0.4) is 0 Å². The highest BCUT2D eigenvalue weighted by Crippen LogP contribution is 2.32. The molecule has 1 aromatic heterocycles. The van der Waals surface area contributed by atoms with Gasteiger partial charge in [0.05, 0.1) is 5.52 Å². The molecule has 0 spiro atoms. The lowest BCUT2D eigenvalue weighted by molar-refractivity contribution is 0.968. The SMILES string of the molecule is CCCNc1c(CC)c(C)nc2c(C)cc(Cl)cc12. The van der Waals surface area contributed by atoms with Crippen molar-refractivity contribution in [3.05, 3.63) is 34.0 Å². The summed E-state index contributed by atoms with van der Waals surface area (Å²) in [5.74, 6) is 0. The first kappa shape index (κ1) is 14.1. The lowest BCUT2D eigenvalue weighted by atomic mass is 10.0. The minimum Gasteiger partial charge on any atom is -0.384 e. The lowest BCUT2D eigenvalue weighted by Crippen LogP contribution is -2.07. The van der Waals surface area contributed by atoms with Gasteiger partial charge >= 0.3 is 0 Å². The van der Waals surface area contributed by atoms with Crippen molar-refractivity contribution < 1.29 is 0 Å². The third-order valence-corrected chi connectivity index (χ3v) is 3.68. The molecule has 2 aromatic rings. The number of fused-ring (bicyclic) bond motifs is 1. The number of nitrogens with one attached hydrogen (secondary N) is 1. The fraction of sp³-hybridized carbons (Fsp3) is 0.438. The van der Waals surface area contributed by atoms with E-state index >= 15 is 0 Å². The van der Waals surface area contributed by atoms with E-state index < -0.39 is 0 Å². The molecular weight excluding hydrogens is 256 g/mol. The summed E-state index contributed by atoms with van der Waals surface area (Å²) in [5.41, 5.74) is 5.80. The van der Waals surface area contributed by atoms with Crippen LogP contribution in [0.2, 0.25) is 5.02 Å². The fourth-order valence-electron chi connectivity index (χ4n) is 2.54. The van der Waals surface area contributed by atoms with Crippen molar-refractivity contribution in [1.82, 2.24) is 4.98 Å². The second kappa shape index (κ2) is 5.79.